The number of nitrogens with zero attached hydrogens (tertiary/aromatic N) is 5. The van der Waals surface area contributed by atoms with Crippen molar-refractivity contribution in [3.63, 3.8) is 0 Å². The summed E-state index contributed by atoms with van der Waals surface area (Å²) in [6.07, 6.45) is 3.88. The van der Waals surface area contributed by atoms with Crippen molar-refractivity contribution in [1.82, 2.24) is 14.9 Å². The number of rotatable bonds is 5. The van der Waals surface area contributed by atoms with Gasteiger partial charge in [-0.05, 0) is 38.1 Å². The zero-order valence-corrected chi connectivity index (χ0v) is 23.6. The molecule has 39 heavy (non-hydrogen) atoms. The second-order valence-corrected chi connectivity index (χ2v) is 10.9. The van der Waals surface area contributed by atoms with Gasteiger partial charge in [-0.15, -0.1) is 0 Å². The summed E-state index contributed by atoms with van der Waals surface area (Å²) in [6, 6.07) is 24.6. The normalized spacial score (nSPS) is 17.3. The highest BCUT2D eigenvalue weighted by Gasteiger charge is 2.32. The van der Waals surface area contributed by atoms with Crippen LogP contribution in [0.4, 0.5) is 11.4 Å². The number of hydrogen-bond donors (Lipinski definition) is 0. The Bertz CT molecular complexity index is 1670. The number of amides is 1. The highest BCUT2D eigenvalue weighted by molar-refractivity contribution is 8.26. The van der Waals surface area contributed by atoms with E-state index in [0.717, 1.165) is 57.3 Å². The Labute approximate surface area is 237 Å². The fourth-order valence-electron chi connectivity index (χ4n) is 5.06. The van der Waals surface area contributed by atoms with Gasteiger partial charge in [0.25, 0.3) is 5.91 Å². The molecule has 0 radical (unpaired) electrons. The van der Waals surface area contributed by atoms with Gasteiger partial charge in [-0.25, -0.2) is 9.97 Å². The van der Waals surface area contributed by atoms with Crippen molar-refractivity contribution >= 4 is 56.6 Å². The molecule has 0 unspecified atom stereocenters. The number of carbonyl (C=O) groups is 1. The van der Waals surface area contributed by atoms with Crippen LogP contribution >= 0.6 is 24.0 Å². The number of anilines is 2. The first-order valence-electron chi connectivity index (χ1n) is 12.9. The standard InChI is InChI=1S/C31H27N5OS2/c1-4-35-25-19-23-22(18-24(25)34(3)27(35)17-16-26-30(37)36(5-2)31(38)39-26)32-28(20-12-8-6-9-13-20)29(33-23)21-14-10-7-11-15-21/h6-19H,4-5H2,1-3H3/b26-16-,27-17-. The van der Waals surface area contributed by atoms with E-state index >= 15 is 0 Å². The number of thioether (sulfide) groups is 1. The van der Waals surface area contributed by atoms with Crippen molar-refractivity contribution in [3.05, 3.63) is 95.7 Å². The maximum absolute atomic E-state index is 12.7. The van der Waals surface area contributed by atoms with Crippen LogP contribution in [0.25, 0.3) is 33.5 Å². The summed E-state index contributed by atoms with van der Waals surface area (Å²) in [5.41, 5.74) is 7.55. The largest absolute Gasteiger partial charge is 0.329 e. The Kier molecular flexibility index (Phi) is 6.66. The summed E-state index contributed by atoms with van der Waals surface area (Å²) in [5, 5.41) is 0. The number of thiocarbonyl (C=S) groups is 1. The van der Waals surface area contributed by atoms with Gasteiger partial charge in [0.15, 0.2) is 0 Å². The molecular weight excluding hydrogens is 523 g/mol. The molecule has 0 N–H and O–H groups in total. The molecule has 8 heteroatoms. The SMILES string of the molecule is CCN1C(=O)/C(=C/C=C2/N(C)c3cc4nc(-c5ccccc5)c(-c5ccccc5)nc4cc3N2CC)SC1=S. The lowest BCUT2D eigenvalue weighted by atomic mass is 10.0. The molecule has 2 aliphatic rings. The van der Waals surface area contributed by atoms with E-state index < -0.39 is 0 Å². The number of carbonyl (C=O) groups excluding carboxylic acids is 1. The van der Waals surface area contributed by atoms with Gasteiger partial charge in [0.05, 0.1) is 38.7 Å². The molecule has 194 valence electrons. The number of aromatic nitrogens is 2. The molecule has 1 fully saturated rings. The predicted molar refractivity (Wildman–Crippen MR) is 166 cm³/mol. The van der Waals surface area contributed by atoms with E-state index in [1.807, 2.05) is 62.5 Å². The molecule has 3 aromatic carbocycles. The lowest BCUT2D eigenvalue weighted by Gasteiger charge is -2.20. The van der Waals surface area contributed by atoms with Crippen LogP contribution in [0.15, 0.2) is 95.7 Å². The van der Waals surface area contributed by atoms with Crippen LogP contribution < -0.4 is 9.80 Å². The first-order chi connectivity index (χ1) is 19.0. The molecule has 3 heterocycles. The molecule has 0 bridgehead atoms. The Balaban J connectivity index is 1.47. The van der Waals surface area contributed by atoms with E-state index in [-0.39, 0.29) is 5.91 Å². The first-order valence-corrected chi connectivity index (χ1v) is 14.2. The van der Waals surface area contributed by atoms with Crippen LogP contribution in [-0.2, 0) is 4.79 Å². The lowest BCUT2D eigenvalue weighted by molar-refractivity contribution is -0.122. The van der Waals surface area contributed by atoms with Crippen LogP contribution in [0.3, 0.4) is 0 Å². The molecule has 1 saturated heterocycles. The second-order valence-electron chi connectivity index (χ2n) is 9.26. The van der Waals surface area contributed by atoms with E-state index in [2.05, 4.69) is 53.1 Å². The maximum Gasteiger partial charge on any atom is 0.266 e. The Morgan fingerprint density at radius 1 is 0.795 bits per heavy atom. The Hall–Kier alpha value is -4.01. The highest BCUT2D eigenvalue weighted by Crippen LogP contribution is 2.44. The van der Waals surface area contributed by atoms with Crippen molar-refractivity contribution in [3.8, 4) is 22.5 Å². The average molecular weight is 550 g/mol. The number of benzene rings is 3. The van der Waals surface area contributed by atoms with Gasteiger partial charge in [-0.3, -0.25) is 9.69 Å². The summed E-state index contributed by atoms with van der Waals surface area (Å²) in [7, 11) is 2.04. The molecule has 6 nitrogen and oxygen atoms in total. The van der Waals surface area contributed by atoms with Gasteiger partial charge in [0, 0.05) is 31.3 Å². The second kappa shape index (κ2) is 10.3. The number of fused-ring (bicyclic) bond motifs is 2. The van der Waals surface area contributed by atoms with Crippen LogP contribution in [0, 0.1) is 0 Å². The van der Waals surface area contributed by atoms with Gasteiger partial charge < -0.3 is 9.80 Å². The van der Waals surface area contributed by atoms with E-state index in [9.17, 15) is 4.79 Å². The number of hydrogen-bond acceptors (Lipinski definition) is 7. The van der Waals surface area contributed by atoms with Crippen LogP contribution in [0.1, 0.15) is 13.8 Å². The summed E-state index contributed by atoms with van der Waals surface area (Å²) in [4.78, 5) is 29.7. The Morgan fingerprint density at radius 2 is 1.33 bits per heavy atom. The minimum Gasteiger partial charge on any atom is -0.329 e. The molecule has 0 saturated carbocycles. The topological polar surface area (TPSA) is 52.6 Å². The van der Waals surface area contributed by atoms with Gasteiger partial charge in [0.2, 0.25) is 0 Å². The third-order valence-electron chi connectivity index (χ3n) is 7.02. The molecular formula is C31H27N5OS2. The molecule has 0 aliphatic carbocycles. The summed E-state index contributed by atoms with van der Waals surface area (Å²) < 4.78 is 0.606. The van der Waals surface area contributed by atoms with Crippen LogP contribution in [0.5, 0.6) is 0 Å². The fraction of sp³-hybridized carbons (Fsp3) is 0.161. The third kappa shape index (κ3) is 4.39. The molecule has 6 rings (SSSR count). The Morgan fingerprint density at radius 3 is 1.85 bits per heavy atom. The van der Waals surface area contributed by atoms with E-state index in [1.165, 1.54) is 11.8 Å². The minimum absolute atomic E-state index is 0.0356. The number of likely N-dealkylation sites (N-methyl/N-ethyl adjacent to an activating group) is 1. The van der Waals surface area contributed by atoms with Crippen molar-refractivity contribution in [2.75, 3.05) is 29.9 Å². The van der Waals surface area contributed by atoms with E-state index in [1.54, 1.807) is 4.90 Å². The summed E-state index contributed by atoms with van der Waals surface area (Å²) in [6.45, 7) is 5.40. The predicted octanol–water partition coefficient (Wildman–Crippen LogP) is 6.85. The fourth-order valence-corrected chi connectivity index (χ4v) is 6.38. The molecule has 4 aromatic rings. The average Bonchev–Trinajstić information content (AvgIpc) is 3.40. The summed E-state index contributed by atoms with van der Waals surface area (Å²) >= 11 is 6.73. The lowest BCUT2D eigenvalue weighted by Crippen LogP contribution is -2.27. The monoisotopic (exact) mass is 549 g/mol. The molecule has 2 aliphatic heterocycles. The van der Waals surface area contributed by atoms with E-state index in [0.29, 0.717) is 15.8 Å². The van der Waals surface area contributed by atoms with Gasteiger partial charge >= 0.3 is 0 Å². The van der Waals surface area contributed by atoms with Gasteiger partial charge in [-0.1, -0.05) is 84.6 Å². The third-order valence-corrected chi connectivity index (χ3v) is 8.41. The quantitative estimate of drug-likeness (QED) is 0.199. The maximum atomic E-state index is 12.7. The van der Waals surface area contributed by atoms with Crippen molar-refractivity contribution in [1.29, 1.82) is 0 Å². The summed E-state index contributed by atoms with van der Waals surface area (Å²) in [5.74, 6) is 0.947. The zero-order valence-electron chi connectivity index (χ0n) is 22.0. The first kappa shape index (κ1) is 25.3. The number of allylic oxidation sites excluding steroid dienone is 2. The zero-order chi connectivity index (χ0) is 27.1. The van der Waals surface area contributed by atoms with E-state index in [4.69, 9.17) is 22.2 Å². The molecule has 1 aromatic heterocycles. The van der Waals surface area contributed by atoms with Crippen molar-refractivity contribution in [2.24, 2.45) is 0 Å². The minimum atomic E-state index is -0.0356. The molecule has 0 atom stereocenters. The molecule has 0 spiro atoms. The van der Waals surface area contributed by atoms with Gasteiger partial charge in [0.1, 0.15) is 10.1 Å². The van der Waals surface area contributed by atoms with Crippen LogP contribution in [-0.4, -0.2) is 45.2 Å². The van der Waals surface area contributed by atoms with Crippen molar-refractivity contribution < 1.29 is 4.79 Å². The van der Waals surface area contributed by atoms with Crippen LogP contribution in [0.2, 0.25) is 0 Å². The highest BCUT2D eigenvalue weighted by atomic mass is 32.2. The van der Waals surface area contributed by atoms with Gasteiger partial charge in [-0.2, -0.15) is 0 Å². The van der Waals surface area contributed by atoms with Crippen molar-refractivity contribution in [2.45, 2.75) is 13.8 Å². The smallest absolute Gasteiger partial charge is 0.266 e. The molecule has 1 amide bonds.